The van der Waals surface area contributed by atoms with Crippen molar-refractivity contribution < 1.29 is 9.59 Å². The highest BCUT2D eigenvalue weighted by Crippen LogP contribution is 2.42. The number of carbonyl (C=O) groups is 2. The van der Waals surface area contributed by atoms with Crippen molar-refractivity contribution in [3.05, 3.63) is 82.4 Å². The van der Waals surface area contributed by atoms with Crippen molar-refractivity contribution in [3.8, 4) is 0 Å². The molecule has 27 heavy (non-hydrogen) atoms. The summed E-state index contributed by atoms with van der Waals surface area (Å²) in [5.74, 6) is -0.755. The minimum absolute atomic E-state index is 0.0754. The van der Waals surface area contributed by atoms with Gasteiger partial charge in [0.15, 0.2) is 5.13 Å². The van der Waals surface area contributed by atoms with Crippen molar-refractivity contribution in [1.82, 2.24) is 9.88 Å². The minimum atomic E-state index is -0.518. The second kappa shape index (κ2) is 6.96. The summed E-state index contributed by atoms with van der Waals surface area (Å²) in [5.41, 5.74) is 2.25. The zero-order chi connectivity index (χ0) is 19.0. The van der Waals surface area contributed by atoms with E-state index in [1.54, 1.807) is 24.2 Å². The van der Waals surface area contributed by atoms with Crippen LogP contribution in [-0.2, 0) is 4.79 Å². The van der Waals surface area contributed by atoms with Crippen molar-refractivity contribution in [2.45, 2.75) is 18.9 Å². The Bertz CT molecular complexity index is 999. The summed E-state index contributed by atoms with van der Waals surface area (Å²) in [4.78, 5) is 33.1. The summed E-state index contributed by atoms with van der Waals surface area (Å²) in [6, 6.07) is 16.6. The minimum Gasteiger partial charge on any atom is -0.334 e. The van der Waals surface area contributed by atoms with E-state index in [1.165, 1.54) is 11.3 Å². The van der Waals surface area contributed by atoms with Crippen LogP contribution < -0.4 is 5.32 Å². The standard InChI is InChI=1S/C21H19N3O2S/c1-13-12-22-21(27-13)23-19(25)17-15-10-6-7-11-16(15)20(26)24(2)18(17)14-8-4-3-5-9-14/h3-12,17-18H,1-2H3,(H,22,23,25)/t17-,18-/m1/s1. The van der Waals surface area contributed by atoms with Crippen LogP contribution >= 0.6 is 11.3 Å². The number of hydrogen-bond acceptors (Lipinski definition) is 4. The summed E-state index contributed by atoms with van der Waals surface area (Å²) in [7, 11) is 1.75. The lowest BCUT2D eigenvalue weighted by Crippen LogP contribution is -2.44. The van der Waals surface area contributed by atoms with E-state index in [0.29, 0.717) is 10.7 Å². The van der Waals surface area contributed by atoms with Gasteiger partial charge in [0, 0.05) is 23.7 Å². The molecule has 0 aliphatic carbocycles. The number of amides is 2. The van der Waals surface area contributed by atoms with E-state index in [9.17, 15) is 9.59 Å². The van der Waals surface area contributed by atoms with Crippen LogP contribution in [0.3, 0.4) is 0 Å². The zero-order valence-electron chi connectivity index (χ0n) is 15.0. The van der Waals surface area contributed by atoms with Crippen LogP contribution in [0, 0.1) is 6.92 Å². The first kappa shape index (κ1) is 17.4. The van der Waals surface area contributed by atoms with E-state index in [2.05, 4.69) is 10.3 Å². The number of aryl methyl sites for hydroxylation is 1. The van der Waals surface area contributed by atoms with Crippen LogP contribution in [0.25, 0.3) is 0 Å². The molecule has 0 bridgehead atoms. The Labute approximate surface area is 161 Å². The molecule has 6 heteroatoms. The Morgan fingerprint density at radius 2 is 1.81 bits per heavy atom. The molecule has 3 aromatic rings. The van der Waals surface area contributed by atoms with Gasteiger partial charge in [0.2, 0.25) is 5.91 Å². The molecule has 136 valence electrons. The largest absolute Gasteiger partial charge is 0.334 e. The fourth-order valence-corrected chi connectivity index (χ4v) is 4.29. The van der Waals surface area contributed by atoms with Crippen molar-refractivity contribution in [2.75, 3.05) is 12.4 Å². The van der Waals surface area contributed by atoms with Gasteiger partial charge in [0.05, 0.1) is 12.0 Å². The molecule has 2 heterocycles. The van der Waals surface area contributed by atoms with Crippen molar-refractivity contribution in [1.29, 1.82) is 0 Å². The lowest BCUT2D eigenvalue weighted by Gasteiger charge is -2.39. The van der Waals surface area contributed by atoms with E-state index >= 15 is 0 Å². The van der Waals surface area contributed by atoms with E-state index in [0.717, 1.165) is 16.0 Å². The first-order valence-corrected chi connectivity index (χ1v) is 9.52. The highest BCUT2D eigenvalue weighted by Gasteiger charge is 2.42. The van der Waals surface area contributed by atoms with Gasteiger partial charge in [-0.3, -0.25) is 9.59 Å². The predicted octanol–water partition coefficient (Wildman–Crippen LogP) is 4.00. The number of benzene rings is 2. The molecular formula is C21H19N3O2S. The highest BCUT2D eigenvalue weighted by molar-refractivity contribution is 7.15. The van der Waals surface area contributed by atoms with Gasteiger partial charge in [0.1, 0.15) is 0 Å². The molecule has 2 atom stereocenters. The third-order valence-electron chi connectivity index (χ3n) is 4.85. The maximum Gasteiger partial charge on any atom is 0.254 e. The summed E-state index contributed by atoms with van der Waals surface area (Å²) in [5, 5.41) is 3.51. The lowest BCUT2D eigenvalue weighted by atomic mass is 9.79. The number of nitrogens with one attached hydrogen (secondary N) is 1. The molecule has 1 aliphatic heterocycles. The molecule has 1 aliphatic rings. The number of thiazole rings is 1. The Morgan fingerprint density at radius 1 is 1.11 bits per heavy atom. The summed E-state index contributed by atoms with van der Waals surface area (Å²) >= 11 is 1.44. The van der Waals surface area contributed by atoms with Gasteiger partial charge in [-0.05, 0) is 24.1 Å². The Morgan fingerprint density at radius 3 is 2.52 bits per heavy atom. The number of aromatic nitrogens is 1. The van der Waals surface area contributed by atoms with Crippen LogP contribution in [0.15, 0.2) is 60.8 Å². The summed E-state index contributed by atoms with van der Waals surface area (Å²) in [6.07, 6.45) is 1.74. The Hall–Kier alpha value is -2.99. The average molecular weight is 377 g/mol. The quantitative estimate of drug-likeness (QED) is 0.750. The van der Waals surface area contributed by atoms with E-state index < -0.39 is 5.92 Å². The van der Waals surface area contributed by atoms with Crippen LogP contribution in [0.1, 0.15) is 38.3 Å². The van der Waals surface area contributed by atoms with Gasteiger partial charge < -0.3 is 10.2 Å². The number of hydrogen-bond donors (Lipinski definition) is 1. The summed E-state index contributed by atoms with van der Waals surface area (Å²) < 4.78 is 0. The van der Waals surface area contributed by atoms with Crippen molar-refractivity contribution in [3.63, 3.8) is 0 Å². The molecule has 1 aromatic heterocycles. The molecule has 0 unspecified atom stereocenters. The van der Waals surface area contributed by atoms with Gasteiger partial charge in [-0.15, -0.1) is 11.3 Å². The number of nitrogens with zero attached hydrogens (tertiary/aromatic N) is 2. The number of rotatable bonds is 3. The Kier molecular flexibility index (Phi) is 4.49. The van der Waals surface area contributed by atoms with Gasteiger partial charge in [-0.2, -0.15) is 0 Å². The van der Waals surface area contributed by atoms with Crippen LogP contribution in [-0.4, -0.2) is 28.7 Å². The molecule has 0 saturated heterocycles. The van der Waals surface area contributed by atoms with Crippen molar-refractivity contribution >= 4 is 28.3 Å². The number of likely N-dealkylation sites (N-methyl/N-ethyl adjacent to an activating group) is 1. The van der Waals surface area contributed by atoms with Crippen LogP contribution in [0.4, 0.5) is 5.13 Å². The third kappa shape index (κ3) is 3.13. The molecule has 2 amide bonds. The molecular weight excluding hydrogens is 358 g/mol. The van der Waals surface area contributed by atoms with E-state index in [1.807, 2.05) is 55.5 Å². The van der Waals surface area contributed by atoms with Crippen molar-refractivity contribution in [2.24, 2.45) is 0 Å². The first-order chi connectivity index (χ1) is 13.1. The SMILES string of the molecule is Cc1cnc(NC(=O)[C@@H]2c3ccccc3C(=O)N(C)[C@@H]2c2ccccc2)s1. The maximum absolute atomic E-state index is 13.3. The summed E-state index contributed by atoms with van der Waals surface area (Å²) in [6.45, 7) is 1.95. The van der Waals surface area contributed by atoms with Gasteiger partial charge in [-0.25, -0.2) is 4.98 Å². The highest BCUT2D eigenvalue weighted by atomic mass is 32.1. The molecule has 0 fully saturated rings. The smallest absolute Gasteiger partial charge is 0.254 e. The van der Waals surface area contributed by atoms with Gasteiger partial charge >= 0.3 is 0 Å². The molecule has 5 nitrogen and oxygen atoms in total. The van der Waals surface area contributed by atoms with Gasteiger partial charge in [0.25, 0.3) is 5.91 Å². The fourth-order valence-electron chi connectivity index (χ4n) is 3.62. The second-order valence-electron chi connectivity index (χ2n) is 6.60. The number of anilines is 1. The molecule has 4 rings (SSSR count). The van der Waals surface area contributed by atoms with Gasteiger partial charge in [-0.1, -0.05) is 48.5 Å². The fraction of sp³-hybridized carbons (Fsp3) is 0.190. The van der Waals surface area contributed by atoms with E-state index in [4.69, 9.17) is 0 Å². The third-order valence-corrected chi connectivity index (χ3v) is 5.68. The van der Waals surface area contributed by atoms with Crippen LogP contribution in [0.5, 0.6) is 0 Å². The normalized spacial score (nSPS) is 18.9. The maximum atomic E-state index is 13.3. The molecule has 0 spiro atoms. The zero-order valence-corrected chi connectivity index (χ0v) is 15.9. The first-order valence-electron chi connectivity index (χ1n) is 8.70. The van der Waals surface area contributed by atoms with E-state index in [-0.39, 0.29) is 17.9 Å². The second-order valence-corrected chi connectivity index (χ2v) is 7.84. The Balaban J connectivity index is 1.81. The molecule has 0 radical (unpaired) electrons. The van der Waals surface area contributed by atoms with Crippen LogP contribution in [0.2, 0.25) is 0 Å². The monoisotopic (exact) mass is 377 g/mol. The topological polar surface area (TPSA) is 62.3 Å². The molecule has 1 N–H and O–H groups in total. The predicted molar refractivity (Wildman–Crippen MR) is 106 cm³/mol. The average Bonchev–Trinajstić information content (AvgIpc) is 3.09. The number of fused-ring (bicyclic) bond motifs is 1. The number of carbonyl (C=O) groups excluding carboxylic acids is 2. The molecule has 0 saturated carbocycles. The molecule has 2 aromatic carbocycles. The lowest BCUT2D eigenvalue weighted by molar-refractivity contribution is -0.119.